The van der Waals surface area contributed by atoms with Crippen molar-refractivity contribution in [1.82, 2.24) is 4.90 Å². The maximum Gasteiger partial charge on any atom is 0.244 e. The van der Waals surface area contributed by atoms with Gasteiger partial charge in [-0.05, 0) is 52.2 Å². The molecular formula is C18H18BrFN2O2. The van der Waals surface area contributed by atoms with Gasteiger partial charge < -0.3 is 10.2 Å². The molecule has 0 aliphatic rings. The second-order valence-electron chi connectivity index (χ2n) is 5.41. The van der Waals surface area contributed by atoms with Crippen LogP contribution in [-0.2, 0) is 16.0 Å². The second kappa shape index (κ2) is 8.59. The molecule has 2 amide bonds. The molecule has 4 nitrogen and oxygen atoms in total. The molecule has 0 heterocycles. The third-order valence-corrected chi connectivity index (χ3v) is 4.16. The first-order valence-corrected chi connectivity index (χ1v) is 8.28. The van der Waals surface area contributed by atoms with Gasteiger partial charge in [-0.2, -0.15) is 0 Å². The van der Waals surface area contributed by atoms with Crippen LogP contribution >= 0.6 is 15.9 Å². The Bertz CT molecular complexity index is 736. The maximum atomic E-state index is 13.1. The van der Waals surface area contributed by atoms with E-state index >= 15 is 0 Å². The summed E-state index contributed by atoms with van der Waals surface area (Å²) in [5.41, 5.74) is 1.41. The van der Waals surface area contributed by atoms with Crippen LogP contribution in [0.5, 0.6) is 0 Å². The van der Waals surface area contributed by atoms with E-state index in [-0.39, 0.29) is 30.6 Å². The largest absolute Gasteiger partial charge is 0.336 e. The van der Waals surface area contributed by atoms with Crippen LogP contribution in [0.2, 0.25) is 0 Å². The van der Waals surface area contributed by atoms with E-state index in [1.165, 1.54) is 17.0 Å². The number of nitrogens with zero attached hydrogens (tertiary/aromatic N) is 1. The number of amides is 2. The lowest BCUT2D eigenvalue weighted by molar-refractivity contribution is -0.133. The lowest BCUT2D eigenvalue weighted by Crippen LogP contribution is -2.35. The Morgan fingerprint density at radius 3 is 2.62 bits per heavy atom. The molecular weight excluding hydrogens is 375 g/mol. The summed E-state index contributed by atoms with van der Waals surface area (Å²) in [7, 11) is 1.58. The highest BCUT2D eigenvalue weighted by molar-refractivity contribution is 9.10. The van der Waals surface area contributed by atoms with E-state index in [0.717, 1.165) is 10.0 Å². The number of hydrogen-bond donors (Lipinski definition) is 1. The molecule has 0 saturated carbocycles. The number of benzene rings is 2. The number of nitrogens with one attached hydrogen (secondary N) is 1. The van der Waals surface area contributed by atoms with E-state index < -0.39 is 0 Å². The quantitative estimate of drug-likeness (QED) is 0.815. The number of likely N-dealkylation sites (N-methyl/N-ethyl adjacent to an activating group) is 1. The van der Waals surface area contributed by atoms with Gasteiger partial charge in [0.2, 0.25) is 11.8 Å². The highest BCUT2D eigenvalue weighted by Gasteiger charge is 2.14. The lowest BCUT2D eigenvalue weighted by Gasteiger charge is -2.17. The first kappa shape index (κ1) is 18.1. The fourth-order valence-corrected chi connectivity index (χ4v) is 2.57. The zero-order valence-corrected chi connectivity index (χ0v) is 14.8. The molecule has 0 unspecified atom stereocenters. The van der Waals surface area contributed by atoms with Crippen LogP contribution in [0.3, 0.4) is 0 Å². The number of halogens is 2. The zero-order valence-electron chi connectivity index (χ0n) is 13.3. The first-order valence-electron chi connectivity index (χ1n) is 7.48. The molecule has 2 aromatic carbocycles. The van der Waals surface area contributed by atoms with Gasteiger partial charge in [0.05, 0.1) is 12.2 Å². The van der Waals surface area contributed by atoms with Gasteiger partial charge in [-0.3, -0.25) is 9.59 Å². The number of para-hydroxylation sites is 1. The number of rotatable bonds is 6. The third kappa shape index (κ3) is 5.45. The minimum atomic E-state index is -0.318. The Morgan fingerprint density at radius 1 is 1.17 bits per heavy atom. The van der Waals surface area contributed by atoms with Gasteiger partial charge in [0.25, 0.3) is 0 Å². The number of hydrogen-bond acceptors (Lipinski definition) is 2. The average molecular weight is 393 g/mol. The van der Waals surface area contributed by atoms with Gasteiger partial charge in [0.1, 0.15) is 5.82 Å². The summed E-state index contributed by atoms with van der Waals surface area (Å²) in [6.07, 6.45) is 0.662. The van der Waals surface area contributed by atoms with Crippen molar-refractivity contribution < 1.29 is 14.0 Å². The number of carbonyl (C=O) groups excluding carboxylic acids is 2. The molecule has 1 N–H and O–H groups in total. The molecule has 0 aliphatic carbocycles. The smallest absolute Gasteiger partial charge is 0.244 e. The van der Waals surface area contributed by atoms with Crippen LogP contribution in [0.25, 0.3) is 0 Å². The summed E-state index contributed by atoms with van der Waals surface area (Å²) in [5.74, 6) is -0.758. The van der Waals surface area contributed by atoms with Crippen molar-refractivity contribution in [2.75, 3.05) is 18.9 Å². The van der Waals surface area contributed by atoms with Crippen LogP contribution in [0, 0.1) is 5.82 Å². The number of aryl methyl sites for hydroxylation is 1. The normalized spacial score (nSPS) is 10.3. The summed E-state index contributed by atoms with van der Waals surface area (Å²) in [5, 5.41) is 2.75. The molecule has 6 heteroatoms. The highest BCUT2D eigenvalue weighted by Crippen LogP contribution is 2.21. The van der Waals surface area contributed by atoms with Gasteiger partial charge in [-0.1, -0.05) is 24.3 Å². The van der Waals surface area contributed by atoms with Gasteiger partial charge >= 0.3 is 0 Å². The summed E-state index contributed by atoms with van der Waals surface area (Å²) in [6.45, 7) is -0.0384. The third-order valence-electron chi connectivity index (χ3n) is 3.47. The van der Waals surface area contributed by atoms with Crippen LogP contribution < -0.4 is 5.32 Å². The van der Waals surface area contributed by atoms with Crippen molar-refractivity contribution in [2.24, 2.45) is 0 Å². The standard InChI is InChI=1S/C18H18BrFN2O2/c1-22(12-17(23)21-16-8-3-2-7-15(16)19)18(24)10-9-13-5-4-6-14(20)11-13/h2-8,11H,9-10,12H2,1H3,(H,21,23). The van der Waals surface area contributed by atoms with Gasteiger partial charge in [-0.15, -0.1) is 0 Å². The maximum absolute atomic E-state index is 13.1. The molecule has 0 atom stereocenters. The molecule has 0 saturated heterocycles. The SMILES string of the molecule is CN(CC(=O)Nc1ccccc1Br)C(=O)CCc1cccc(F)c1. The topological polar surface area (TPSA) is 49.4 Å². The predicted octanol–water partition coefficient (Wildman–Crippen LogP) is 3.62. The lowest BCUT2D eigenvalue weighted by atomic mass is 10.1. The summed E-state index contributed by atoms with van der Waals surface area (Å²) >= 11 is 3.35. The molecule has 126 valence electrons. The Labute approximate surface area is 148 Å². The zero-order chi connectivity index (χ0) is 17.5. The van der Waals surface area contributed by atoms with Crippen molar-refractivity contribution >= 4 is 33.4 Å². The summed E-state index contributed by atoms with van der Waals surface area (Å²) < 4.78 is 13.9. The van der Waals surface area contributed by atoms with Gasteiger partial charge in [0.15, 0.2) is 0 Å². The fourth-order valence-electron chi connectivity index (χ4n) is 2.19. The van der Waals surface area contributed by atoms with Crippen LogP contribution in [0.4, 0.5) is 10.1 Å². The van der Waals surface area contributed by atoms with E-state index in [0.29, 0.717) is 12.1 Å². The number of carbonyl (C=O) groups is 2. The van der Waals surface area contributed by atoms with Gasteiger partial charge in [0, 0.05) is 17.9 Å². The minimum Gasteiger partial charge on any atom is -0.336 e. The monoisotopic (exact) mass is 392 g/mol. The Hall–Kier alpha value is -2.21. The molecule has 0 fully saturated rings. The molecule has 24 heavy (non-hydrogen) atoms. The second-order valence-corrected chi connectivity index (χ2v) is 6.26. The van der Waals surface area contributed by atoms with Crippen LogP contribution in [0.15, 0.2) is 53.0 Å². The molecule has 0 bridgehead atoms. The average Bonchev–Trinajstić information content (AvgIpc) is 2.54. The van der Waals surface area contributed by atoms with Crippen molar-refractivity contribution in [3.63, 3.8) is 0 Å². The molecule has 0 radical (unpaired) electrons. The molecule has 0 aliphatic heterocycles. The fraction of sp³-hybridized carbons (Fsp3) is 0.222. The summed E-state index contributed by atoms with van der Waals surface area (Å²) in [6, 6.07) is 13.4. The Balaban J connectivity index is 1.82. The van der Waals surface area contributed by atoms with Gasteiger partial charge in [-0.25, -0.2) is 4.39 Å². The predicted molar refractivity (Wildman–Crippen MR) is 95.1 cm³/mol. The van der Waals surface area contributed by atoms with Crippen LogP contribution in [0.1, 0.15) is 12.0 Å². The Morgan fingerprint density at radius 2 is 1.92 bits per heavy atom. The van der Waals surface area contributed by atoms with Crippen molar-refractivity contribution in [1.29, 1.82) is 0 Å². The van der Waals surface area contributed by atoms with E-state index in [9.17, 15) is 14.0 Å². The van der Waals surface area contributed by atoms with Crippen molar-refractivity contribution in [3.05, 3.63) is 64.4 Å². The minimum absolute atomic E-state index is 0.0384. The van der Waals surface area contributed by atoms with Crippen molar-refractivity contribution in [2.45, 2.75) is 12.8 Å². The first-order chi connectivity index (χ1) is 11.5. The van der Waals surface area contributed by atoms with E-state index in [4.69, 9.17) is 0 Å². The van der Waals surface area contributed by atoms with E-state index in [1.54, 1.807) is 25.2 Å². The number of anilines is 1. The van der Waals surface area contributed by atoms with E-state index in [1.807, 2.05) is 18.2 Å². The highest BCUT2D eigenvalue weighted by atomic mass is 79.9. The molecule has 0 spiro atoms. The van der Waals surface area contributed by atoms with Crippen LogP contribution in [-0.4, -0.2) is 30.3 Å². The van der Waals surface area contributed by atoms with Crippen molar-refractivity contribution in [3.8, 4) is 0 Å². The summed E-state index contributed by atoms with van der Waals surface area (Å²) in [4.78, 5) is 25.5. The molecule has 2 rings (SSSR count). The Kier molecular flexibility index (Phi) is 6.49. The molecule has 2 aromatic rings. The van der Waals surface area contributed by atoms with E-state index in [2.05, 4.69) is 21.2 Å². The molecule has 0 aromatic heterocycles.